The Morgan fingerprint density at radius 3 is 3.15 bits per heavy atom. The van der Waals surface area contributed by atoms with Gasteiger partial charge in [0, 0.05) is 16.5 Å². The molecule has 0 aliphatic carbocycles. The molecule has 0 fully saturated rings. The lowest BCUT2D eigenvalue weighted by Gasteiger charge is -2.05. The lowest BCUT2D eigenvalue weighted by molar-refractivity contribution is 0.881. The Morgan fingerprint density at radius 1 is 1.54 bits per heavy atom. The molecule has 0 unspecified atom stereocenters. The van der Waals surface area contributed by atoms with E-state index in [1.165, 1.54) is 5.56 Å². The maximum atomic E-state index is 8.31. The van der Waals surface area contributed by atoms with Crippen LogP contribution in [0.1, 0.15) is 5.56 Å². The molecule has 0 radical (unpaired) electrons. The largest absolute Gasteiger partial charge is 0.213 e. The number of hydrogen-bond donors (Lipinski definition) is 0. The fourth-order valence-electron chi connectivity index (χ4n) is 1.49. The van der Waals surface area contributed by atoms with Crippen LogP contribution in [0, 0.1) is 0 Å². The smallest absolute Gasteiger partial charge is 0.134 e. The van der Waals surface area contributed by atoms with E-state index in [4.69, 9.17) is 5.53 Å². The van der Waals surface area contributed by atoms with Crippen LogP contribution in [0.3, 0.4) is 0 Å². The predicted molar refractivity (Wildman–Crippen MR) is 54.3 cm³/mol. The van der Waals surface area contributed by atoms with Crippen LogP contribution >= 0.6 is 15.9 Å². The molecule has 0 atom stereocenters. The highest BCUT2D eigenvalue weighted by Gasteiger charge is 2.21. The van der Waals surface area contributed by atoms with Crippen molar-refractivity contribution in [1.82, 2.24) is 0 Å². The molecule has 0 aromatic heterocycles. The Kier molecular flexibility index (Phi) is 2.12. The van der Waals surface area contributed by atoms with E-state index in [1.54, 1.807) is 5.01 Å². The molecular formula is C8H7BrN4. The molecule has 5 heteroatoms. The molecule has 1 aliphatic rings. The van der Waals surface area contributed by atoms with Crippen molar-refractivity contribution in [3.63, 3.8) is 0 Å². The van der Waals surface area contributed by atoms with Crippen LogP contribution in [-0.2, 0) is 6.42 Å². The summed E-state index contributed by atoms with van der Waals surface area (Å²) in [5, 5.41) is 5.28. The molecule has 0 amide bonds. The molecule has 1 aromatic rings. The summed E-state index contributed by atoms with van der Waals surface area (Å²) in [5.74, 6) is 0. The zero-order valence-electron chi connectivity index (χ0n) is 6.81. The number of hydrogen-bond acceptors (Lipinski definition) is 1. The van der Waals surface area contributed by atoms with E-state index in [9.17, 15) is 0 Å². The SMILES string of the molecule is [N-]=[N+]=NN1CCc2cc(Br)ccc21. The molecule has 13 heavy (non-hydrogen) atoms. The van der Waals surface area contributed by atoms with Gasteiger partial charge >= 0.3 is 0 Å². The summed E-state index contributed by atoms with van der Waals surface area (Å²) in [4.78, 5) is 2.78. The summed E-state index contributed by atoms with van der Waals surface area (Å²) in [5.41, 5.74) is 10.6. The van der Waals surface area contributed by atoms with Crippen molar-refractivity contribution in [2.45, 2.75) is 6.42 Å². The Balaban J connectivity index is 2.43. The molecule has 1 aromatic carbocycles. The first-order valence-electron chi connectivity index (χ1n) is 3.92. The topological polar surface area (TPSA) is 52.0 Å². The van der Waals surface area contributed by atoms with Crippen LogP contribution in [0.5, 0.6) is 0 Å². The monoisotopic (exact) mass is 238 g/mol. The van der Waals surface area contributed by atoms with E-state index in [2.05, 4.69) is 32.1 Å². The number of azide groups is 1. The van der Waals surface area contributed by atoms with E-state index in [0.717, 1.165) is 23.1 Å². The third-order valence-electron chi connectivity index (χ3n) is 2.06. The Morgan fingerprint density at radius 2 is 2.38 bits per heavy atom. The average Bonchev–Trinajstić information content (AvgIpc) is 2.49. The van der Waals surface area contributed by atoms with Gasteiger partial charge in [0.15, 0.2) is 0 Å². The molecule has 0 saturated carbocycles. The van der Waals surface area contributed by atoms with Gasteiger partial charge in [-0.05, 0) is 23.4 Å². The minimum atomic E-state index is 0.774. The normalized spacial score (nSPS) is 13.8. The predicted octanol–water partition coefficient (Wildman–Crippen LogP) is 3.04. The Hall–Kier alpha value is -1.19. The van der Waals surface area contributed by atoms with Gasteiger partial charge in [-0.2, -0.15) is 4.91 Å². The summed E-state index contributed by atoms with van der Waals surface area (Å²) in [7, 11) is 0. The fraction of sp³-hybridized carbons (Fsp3) is 0.250. The highest BCUT2D eigenvalue weighted by Crippen LogP contribution is 2.30. The van der Waals surface area contributed by atoms with E-state index in [0.29, 0.717) is 0 Å². The van der Waals surface area contributed by atoms with Gasteiger partial charge in [-0.1, -0.05) is 15.9 Å². The zero-order valence-corrected chi connectivity index (χ0v) is 8.40. The molecule has 0 saturated heterocycles. The lowest BCUT2D eigenvalue weighted by atomic mass is 10.2. The Bertz CT molecular complexity index is 384. The summed E-state index contributed by atoms with van der Waals surface area (Å²) in [6.45, 7) is 0.774. The molecule has 2 rings (SSSR count). The molecule has 0 spiro atoms. The van der Waals surface area contributed by atoms with Crippen molar-refractivity contribution >= 4 is 21.6 Å². The lowest BCUT2D eigenvalue weighted by Crippen LogP contribution is -2.10. The third-order valence-corrected chi connectivity index (χ3v) is 2.55. The van der Waals surface area contributed by atoms with Gasteiger partial charge in [0.1, 0.15) is 5.69 Å². The van der Waals surface area contributed by atoms with Gasteiger partial charge in [0.2, 0.25) is 0 Å². The van der Waals surface area contributed by atoms with Crippen molar-refractivity contribution in [3.05, 3.63) is 38.7 Å². The highest BCUT2D eigenvalue weighted by atomic mass is 79.9. The van der Waals surface area contributed by atoms with Crippen LogP contribution in [-0.4, -0.2) is 6.54 Å². The second-order valence-corrected chi connectivity index (χ2v) is 3.74. The number of anilines is 1. The molecule has 66 valence electrons. The minimum absolute atomic E-state index is 0.774. The first-order valence-corrected chi connectivity index (χ1v) is 4.71. The van der Waals surface area contributed by atoms with Gasteiger partial charge in [0.25, 0.3) is 0 Å². The van der Waals surface area contributed by atoms with E-state index >= 15 is 0 Å². The molecule has 1 aliphatic heterocycles. The van der Waals surface area contributed by atoms with E-state index < -0.39 is 0 Å². The standard InChI is InChI=1S/C8H7BrN4/c9-7-1-2-8-6(5-7)3-4-13(8)12-11-10/h1-2,5H,3-4H2. The summed E-state index contributed by atoms with van der Waals surface area (Å²) in [6.07, 6.45) is 0.938. The zero-order chi connectivity index (χ0) is 9.26. The quantitative estimate of drug-likeness (QED) is 0.422. The molecule has 0 N–H and O–H groups in total. The van der Waals surface area contributed by atoms with Gasteiger partial charge in [-0.15, -0.1) is 5.53 Å². The van der Waals surface area contributed by atoms with Crippen molar-refractivity contribution in [2.24, 2.45) is 5.22 Å². The highest BCUT2D eigenvalue weighted by molar-refractivity contribution is 9.10. The van der Waals surface area contributed by atoms with Crippen molar-refractivity contribution in [3.8, 4) is 0 Å². The number of halogens is 1. The summed E-state index contributed by atoms with van der Waals surface area (Å²) < 4.78 is 1.06. The van der Waals surface area contributed by atoms with Gasteiger partial charge < -0.3 is 0 Å². The number of nitrogens with zero attached hydrogens (tertiary/aromatic N) is 4. The van der Waals surface area contributed by atoms with E-state index in [-0.39, 0.29) is 0 Å². The Labute approximate surface area is 83.9 Å². The van der Waals surface area contributed by atoms with Gasteiger partial charge in [0.05, 0.1) is 6.54 Å². The molecular weight excluding hydrogens is 232 g/mol. The molecule has 1 heterocycles. The van der Waals surface area contributed by atoms with E-state index in [1.807, 2.05) is 12.1 Å². The summed E-state index contributed by atoms with van der Waals surface area (Å²) >= 11 is 3.40. The maximum absolute atomic E-state index is 8.31. The maximum Gasteiger partial charge on any atom is 0.134 e. The second-order valence-electron chi connectivity index (χ2n) is 2.83. The molecule has 0 bridgehead atoms. The van der Waals surface area contributed by atoms with Gasteiger partial charge in [-0.25, -0.2) is 5.01 Å². The van der Waals surface area contributed by atoms with Gasteiger partial charge in [-0.3, -0.25) is 0 Å². The van der Waals surface area contributed by atoms with Crippen LogP contribution in [0.25, 0.3) is 10.4 Å². The fourth-order valence-corrected chi connectivity index (χ4v) is 1.90. The van der Waals surface area contributed by atoms with Crippen molar-refractivity contribution < 1.29 is 0 Å². The van der Waals surface area contributed by atoms with Crippen LogP contribution in [0.4, 0.5) is 5.69 Å². The van der Waals surface area contributed by atoms with Crippen LogP contribution in [0.2, 0.25) is 0 Å². The second kappa shape index (κ2) is 3.28. The number of benzene rings is 1. The first kappa shape index (κ1) is 8.41. The van der Waals surface area contributed by atoms with Crippen LogP contribution in [0.15, 0.2) is 27.9 Å². The number of rotatable bonds is 1. The summed E-state index contributed by atoms with van der Waals surface area (Å²) in [6, 6.07) is 5.97. The number of fused-ring (bicyclic) bond motifs is 1. The first-order chi connectivity index (χ1) is 6.31. The molecule has 4 nitrogen and oxygen atoms in total. The van der Waals surface area contributed by atoms with Crippen molar-refractivity contribution in [2.75, 3.05) is 11.6 Å². The minimum Gasteiger partial charge on any atom is -0.213 e. The van der Waals surface area contributed by atoms with Crippen LogP contribution < -0.4 is 5.01 Å². The average molecular weight is 239 g/mol. The van der Waals surface area contributed by atoms with Crippen molar-refractivity contribution in [1.29, 1.82) is 0 Å². The third kappa shape index (κ3) is 1.48.